The van der Waals surface area contributed by atoms with Gasteiger partial charge >= 0.3 is 0 Å². The largest absolute Gasteiger partial charge is 0.393 e. The van der Waals surface area contributed by atoms with E-state index in [1.54, 1.807) is 11.1 Å². The lowest BCUT2D eigenvalue weighted by Gasteiger charge is -2.11. The van der Waals surface area contributed by atoms with Crippen LogP contribution in [-0.4, -0.2) is 19.0 Å². The molecule has 0 unspecified atom stereocenters. The molecule has 0 aromatic heterocycles. The van der Waals surface area contributed by atoms with Crippen molar-refractivity contribution in [2.45, 2.75) is 6.54 Å². The number of anilines is 1. The molecular formula is C19H23N5. The average Bonchev–Trinajstić information content (AvgIpc) is 2.64. The Bertz CT molecular complexity index is 689. The second-order valence-corrected chi connectivity index (χ2v) is 5.22. The van der Waals surface area contributed by atoms with E-state index in [0.717, 1.165) is 17.9 Å². The Kier molecular flexibility index (Phi) is 6.58. The first kappa shape index (κ1) is 17.3. The van der Waals surface area contributed by atoms with Crippen molar-refractivity contribution >= 4 is 11.4 Å². The van der Waals surface area contributed by atoms with Gasteiger partial charge in [-0.3, -0.25) is 0 Å². The maximum absolute atomic E-state index is 4.20. The zero-order valence-corrected chi connectivity index (χ0v) is 14.1. The number of benzene rings is 2. The number of nitrogens with zero attached hydrogens (tertiary/aromatic N) is 3. The van der Waals surface area contributed by atoms with E-state index in [2.05, 4.69) is 39.6 Å². The Morgan fingerprint density at radius 3 is 2.50 bits per heavy atom. The summed E-state index contributed by atoms with van der Waals surface area (Å²) in [5.41, 5.74) is 3.08. The second-order valence-electron chi connectivity index (χ2n) is 5.22. The molecule has 5 nitrogen and oxygen atoms in total. The summed E-state index contributed by atoms with van der Waals surface area (Å²) >= 11 is 0. The minimum atomic E-state index is 0.563. The van der Waals surface area contributed by atoms with Crippen molar-refractivity contribution in [1.29, 1.82) is 0 Å². The van der Waals surface area contributed by atoms with Crippen LogP contribution in [0.1, 0.15) is 5.56 Å². The van der Waals surface area contributed by atoms with Crippen molar-refractivity contribution < 1.29 is 0 Å². The lowest BCUT2D eigenvalue weighted by atomic mass is 10.2. The minimum Gasteiger partial charge on any atom is -0.393 e. The summed E-state index contributed by atoms with van der Waals surface area (Å²) in [6.45, 7) is 4.67. The second kappa shape index (κ2) is 9.15. The standard InChI is InChI=1S/C19H23N5/c1-16(24(3)14-13-20-2)22-23-19-11-9-18(10-12-19)21-15-17-7-5-4-6-8-17/h4-14,20-21H,1,15H2,2-3H3. The van der Waals surface area contributed by atoms with Crippen LogP contribution in [0.3, 0.4) is 0 Å². The van der Waals surface area contributed by atoms with Crippen molar-refractivity contribution in [3.8, 4) is 0 Å². The lowest BCUT2D eigenvalue weighted by molar-refractivity contribution is 0.553. The molecule has 0 heterocycles. The Balaban J connectivity index is 1.88. The molecule has 0 bridgehead atoms. The first-order valence-electron chi connectivity index (χ1n) is 7.74. The molecule has 0 amide bonds. The zero-order chi connectivity index (χ0) is 17.2. The van der Waals surface area contributed by atoms with Gasteiger partial charge in [0.15, 0.2) is 0 Å². The molecule has 0 aliphatic rings. The van der Waals surface area contributed by atoms with Gasteiger partial charge in [-0.15, -0.1) is 10.2 Å². The zero-order valence-electron chi connectivity index (χ0n) is 14.1. The first-order valence-corrected chi connectivity index (χ1v) is 7.74. The molecule has 0 atom stereocenters. The van der Waals surface area contributed by atoms with E-state index in [9.17, 15) is 0 Å². The highest BCUT2D eigenvalue weighted by Gasteiger charge is 1.97. The van der Waals surface area contributed by atoms with Crippen molar-refractivity contribution in [2.75, 3.05) is 19.4 Å². The van der Waals surface area contributed by atoms with Gasteiger partial charge in [-0.25, -0.2) is 0 Å². The first-order chi connectivity index (χ1) is 11.7. The maximum atomic E-state index is 4.20. The molecule has 2 N–H and O–H groups in total. The number of nitrogens with one attached hydrogen (secondary N) is 2. The van der Waals surface area contributed by atoms with Gasteiger partial charge in [0.2, 0.25) is 0 Å². The molecular weight excluding hydrogens is 298 g/mol. The summed E-state index contributed by atoms with van der Waals surface area (Å²) in [5, 5.41) is 14.6. The maximum Gasteiger partial charge on any atom is 0.147 e. The van der Waals surface area contributed by atoms with Crippen molar-refractivity contribution in [2.24, 2.45) is 10.2 Å². The van der Waals surface area contributed by atoms with Crippen molar-refractivity contribution in [3.05, 3.63) is 85.0 Å². The van der Waals surface area contributed by atoms with E-state index < -0.39 is 0 Å². The van der Waals surface area contributed by atoms with Gasteiger partial charge in [-0.1, -0.05) is 36.9 Å². The molecule has 124 valence electrons. The minimum absolute atomic E-state index is 0.563. The molecule has 2 aromatic rings. The molecule has 0 fully saturated rings. The van der Waals surface area contributed by atoms with Crippen LogP contribution in [0.4, 0.5) is 11.4 Å². The molecule has 0 aliphatic carbocycles. The van der Waals surface area contributed by atoms with Crippen LogP contribution in [0, 0.1) is 0 Å². The van der Waals surface area contributed by atoms with Crippen LogP contribution in [0.2, 0.25) is 0 Å². The van der Waals surface area contributed by atoms with Crippen LogP contribution in [0.15, 0.2) is 89.6 Å². The molecule has 0 spiro atoms. The van der Waals surface area contributed by atoms with E-state index in [1.165, 1.54) is 5.56 Å². The summed E-state index contributed by atoms with van der Waals surface area (Å²) in [7, 11) is 3.70. The smallest absolute Gasteiger partial charge is 0.147 e. The van der Waals surface area contributed by atoms with Gasteiger partial charge in [0.05, 0.1) is 5.69 Å². The van der Waals surface area contributed by atoms with Gasteiger partial charge in [-0.05, 0) is 29.8 Å². The van der Waals surface area contributed by atoms with E-state index >= 15 is 0 Å². The van der Waals surface area contributed by atoms with Gasteiger partial charge in [0, 0.05) is 38.7 Å². The highest BCUT2D eigenvalue weighted by atomic mass is 15.3. The van der Waals surface area contributed by atoms with Gasteiger partial charge in [0.25, 0.3) is 0 Å². The van der Waals surface area contributed by atoms with Gasteiger partial charge < -0.3 is 15.5 Å². The Labute approximate surface area is 143 Å². The Morgan fingerprint density at radius 1 is 1.12 bits per heavy atom. The molecule has 0 aliphatic heterocycles. The summed E-state index contributed by atoms with van der Waals surface area (Å²) in [5.74, 6) is 0.563. The molecule has 0 radical (unpaired) electrons. The summed E-state index contributed by atoms with van der Waals surface area (Å²) in [4.78, 5) is 1.79. The summed E-state index contributed by atoms with van der Waals surface area (Å²) < 4.78 is 0. The van der Waals surface area contributed by atoms with E-state index in [4.69, 9.17) is 0 Å². The monoisotopic (exact) mass is 321 g/mol. The van der Waals surface area contributed by atoms with E-state index in [1.807, 2.05) is 62.8 Å². The van der Waals surface area contributed by atoms with Crippen LogP contribution in [0.25, 0.3) is 0 Å². The average molecular weight is 321 g/mol. The lowest BCUT2D eigenvalue weighted by Crippen LogP contribution is -2.08. The van der Waals surface area contributed by atoms with Crippen LogP contribution in [0.5, 0.6) is 0 Å². The predicted molar refractivity (Wildman–Crippen MR) is 99.8 cm³/mol. The SMILES string of the molecule is C=C(N=Nc1ccc(NCc2ccccc2)cc1)N(C)C=CNC. The number of azo groups is 1. The third kappa shape index (κ3) is 5.61. The topological polar surface area (TPSA) is 52.0 Å². The highest BCUT2D eigenvalue weighted by Crippen LogP contribution is 2.18. The molecule has 2 rings (SSSR count). The fourth-order valence-corrected chi connectivity index (χ4v) is 1.90. The number of rotatable bonds is 8. The van der Waals surface area contributed by atoms with Gasteiger partial charge in [-0.2, -0.15) is 0 Å². The normalized spacial score (nSPS) is 10.9. The molecule has 2 aromatic carbocycles. The molecule has 0 saturated carbocycles. The van der Waals surface area contributed by atoms with Crippen LogP contribution in [-0.2, 0) is 6.54 Å². The third-order valence-electron chi connectivity index (χ3n) is 3.36. The molecule has 5 heteroatoms. The Morgan fingerprint density at radius 2 is 1.83 bits per heavy atom. The fraction of sp³-hybridized carbons (Fsp3) is 0.158. The summed E-state index contributed by atoms with van der Waals surface area (Å²) in [6.07, 6.45) is 3.63. The number of hydrogen-bond acceptors (Lipinski definition) is 5. The van der Waals surface area contributed by atoms with Crippen LogP contribution < -0.4 is 10.6 Å². The predicted octanol–water partition coefficient (Wildman–Crippen LogP) is 4.48. The molecule has 24 heavy (non-hydrogen) atoms. The van der Waals surface area contributed by atoms with Crippen LogP contribution >= 0.6 is 0 Å². The van der Waals surface area contributed by atoms with Gasteiger partial charge in [0.1, 0.15) is 5.82 Å². The van der Waals surface area contributed by atoms with Crippen molar-refractivity contribution in [3.63, 3.8) is 0 Å². The van der Waals surface area contributed by atoms with Crippen molar-refractivity contribution in [1.82, 2.24) is 10.2 Å². The van der Waals surface area contributed by atoms with E-state index in [-0.39, 0.29) is 0 Å². The summed E-state index contributed by atoms with van der Waals surface area (Å²) in [6, 6.07) is 18.1. The quantitative estimate of drug-likeness (QED) is 0.705. The third-order valence-corrected chi connectivity index (χ3v) is 3.36. The fourth-order valence-electron chi connectivity index (χ4n) is 1.90. The Hall–Kier alpha value is -3.08. The highest BCUT2D eigenvalue weighted by molar-refractivity contribution is 5.50. The molecule has 0 saturated heterocycles. The number of hydrogen-bond donors (Lipinski definition) is 2. The van der Waals surface area contributed by atoms with E-state index in [0.29, 0.717) is 5.82 Å².